The lowest BCUT2D eigenvalue weighted by Crippen LogP contribution is -2.01. The number of halogens is 1. The molecule has 5 heteroatoms. The van der Waals surface area contributed by atoms with Crippen molar-refractivity contribution in [2.75, 3.05) is 5.32 Å². The molecular formula is C16H15FN2OS. The monoisotopic (exact) mass is 302 g/mol. The van der Waals surface area contributed by atoms with Gasteiger partial charge in [-0.3, -0.25) is 0 Å². The van der Waals surface area contributed by atoms with Crippen LogP contribution in [0.3, 0.4) is 0 Å². The zero-order valence-corrected chi connectivity index (χ0v) is 12.6. The summed E-state index contributed by atoms with van der Waals surface area (Å²) < 4.78 is 19.2. The largest absolute Gasteiger partial charge is 0.440 e. The summed E-state index contributed by atoms with van der Waals surface area (Å²) in [7, 11) is 0. The van der Waals surface area contributed by atoms with E-state index in [0.717, 1.165) is 22.0 Å². The van der Waals surface area contributed by atoms with E-state index in [9.17, 15) is 4.39 Å². The molecule has 0 aliphatic heterocycles. The summed E-state index contributed by atoms with van der Waals surface area (Å²) in [6.45, 7) is 4.13. The molecule has 0 amide bonds. The number of hydrogen-bond donors (Lipinski definition) is 1. The molecule has 0 aliphatic rings. The van der Waals surface area contributed by atoms with E-state index >= 15 is 0 Å². The van der Waals surface area contributed by atoms with Crippen molar-refractivity contribution in [3.05, 3.63) is 58.5 Å². The van der Waals surface area contributed by atoms with Gasteiger partial charge in [-0.1, -0.05) is 12.1 Å². The van der Waals surface area contributed by atoms with Crippen LogP contribution in [0.4, 0.5) is 10.1 Å². The third kappa shape index (κ3) is 2.97. The highest BCUT2D eigenvalue weighted by molar-refractivity contribution is 7.13. The highest BCUT2D eigenvalue weighted by atomic mass is 32.1. The third-order valence-electron chi connectivity index (χ3n) is 3.26. The van der Waals surface area contributed by atoms with Crippen LogP contribution in [-0.4, -0.2) is 4.98 Å². The fourth-order valence-corrected chi connectivity index (χ4v) is 2.64. The quantitative estimate of drug-likeness (QED) is 0.754. The van der Waals surface area contributed by atoms with Gasteiger partial charge in [0.05, 0.1) is 11.4 Å². The Balaban J connectivity index is 1.74. The molecule has 108 valence electrons. The maximum absolute atomic E-state index is 13.5. The van der Waals surface area contributed by atoms with Crippen LogP contribution in [0.2, 0.25) is 0 Å². The lowest BCUT2D eigenvalue weighted by molar-refractivity contribution is 0.541. The zero-order chi connectivity index (χ0) is 14.8. The molecule has 2 heterocycles. The second-order valence-corrected chi connectivity index (χ2v) is 5.76. The van der Waals surface area contributed by atoms with Gasteiger partial charge in [-0.25, -0.2) is 9.37 Å². The maximum atomic E-state index is 13.5. The van der Waals surface area contributed by atoms with Crippen LogP contribution < -0.4 is 5.32 Å². The van der Waals surface area contributed by atoms with Crippen molar-refractivity contribution in [3.8, 4) is 10.8 Å². The lowest BCUT2D eigenvalue weighted by Gasteiger charge is -2.05. The predicted molar refractivity (Wildman–Crippen MR) is 83.0 cm³/mol. The van der Waals surface area contributed by atoms with Crippen molar-refractivity contribution in [1.29, 1.82) is 0 Å². The van der Waals surface area contributed by atoms with E-state index in [1.165, 1.54) is 6.07 Å². The molecule has 0 fully saturated rings. The topological polar surface area (TPSA) is 38.1 Å². The Morgan fingerprint density at radius 1 is 1.29 bits per heavy atom. The molecular weight excluding hydrogens is 287 g/mol. The Morgan fingerprint density at radius 2 is 2.14 bits per heavy atom. The minimum absolute atomic E-state index is 0.212. The number of anilines is 1. The number of benzene rings is 1. The minimum atomic E-state index is -0.212. The SMILES string of the molecule is Cc1ccc(NCc2nc(-c3cccs3)oc2C)cc1F. The number of thiophene rings is 1. The van der Waals surface area contributed by atoms with E-state index in [-0.39, 0.29) is 5.82 Å². The molecule has 0 radical (unpaired) electrons. The van der Waals surface area contributed by atoms with Gasteiger partial charge >= 0.3 is 0 Å². The van der Waals surface area contributed by atoms with Crippen LogP contribution in [0.1, 0.15) is 17.0 Å². The van der Waals surface area contributed by atoms with Gasteiger partial charge in [0.25, 0.3) is 0 Å². The molecule has 0 atom stereocenters. The second kappa shape index (κ2) is 5.69. The Morgan fingerprint density at radius 3 is 2.86 bits per heavy atom. The first-order valence-corrected chi connectivity index (χ1v) is 7.51. The summed E-state index contributed by atoms with van der Waals surface area (Å²) >= 11 is 1.59. The smallest absolute Gasteiger partial charge is 0.236 e. The van der Waals surface area contributed by atoms with E-state index in [0.29, 0.717) is 18.0 Å². The highest BCUT2D eigenvalue weighted by Gasteiger charge is 2.12. The summed E-state index contributed by atoms with van der Waals surface area (Å²) in [6.07, 6.45) is 0. The van der Waals surface area contributed by atoms with Gasteiger partial charge in [0, 0.05) is 5.69 Å². The van der Waals surface area contributed by atoms with Crippen LogP contribution in [0, 0.1) is 19.7 Å². The van der Waals surface area contributed by atoms with Crippen molar-refractivity contribution in [1.82, 2.24) is 4.98 Å². The normalized spacial score (nSPS) is 10.8. The number of oxazole rings is 1. The predicted octanol–water partition coefficient (Wildman–Crippen LogP) is 4.77. The van der Waals surface area contributed by atoms with Gasteiger partial charge in [0.15, 0.2) is 0 Å². The van der Waals surface area contributed by atoms with Crippen LogP contribution in [-0.2, 0) is 6.54 Å². The van der Waals surface area contributed by atoms with E-state index < -0.39 is 0 Å². The summed E-state index contributed by atoms with van der Waals surface area (Å²) in [5.41, 5.74) is 2.20. The van der Waals surface area contributed by atoms with Crippen LogP contribution >= 0.6 is 11.3 Å². The van der Waals surface area contributed by atoms with Gasteiger partial charge in [-0.2, -0.15) is 0 Å². The second-order valence-electron chi connectivity index (χ2n) is 4.82. The molecule has 2 aromatic heterocycles. The minimum Gasteiger partial charge on any atom is -0.440 e. The van der Waals surface area contributed by atoms with Crippen LogP contribution in [0.5, 0.6) is 0 Å². The Hall–Kier alpha value is -2.14. The molecule has 3 rings (SSSR count). The van der Waals surface area contributed by atoms with Crippen molar-refractivity contribution in [3.63, 3.8) is 0 Å². The molecule has 0 saturated carbocycles. The summed E-state index contributed by atoms with van der Waals surface area (Å²) in [6, 6.07) is 9.04. The van der Waals surface area contributed by atoms with E-state index in [2.05, 4.69) is 10.3 Å². The van der Waals surface area contributed by atoms with Crippen molar-refractivity contribution in [2.45, 2.75) is 20.4 Å². The molecule has 0 aliphatic carbocycles. The number of rotatable bonds is 4. The Labute approximate surface area is 126 Å². The van der Waals surface area contributed by atoms with Crippen LogP contribution in [0.25, 0.3) is 10.8 Å². The van der Waals surface area contributed by atoms with Crippen molar-refractivity contribution in [2.24, 2.45) is 0 Å². The van der Waals surface area contributed by atoms with E-state index in [1.54, 1.807) is 24.3 Å². The maximum Gasteiger partial charge on any atom is 0.236 e. The van der Waals surface area contributed by atoms with Crippen molar-refractivity contribution >= 4 is 17.0 Å². The Bertz CT molecular complexity index is 750. The molecule has 1 aromatic carbocycles. The number of nitrogens with zero attached hydrogens (tertiary/aromatic N) is 1. The first-order valence-electron chi connectivity index (χ1n) is 6.63. The number of hydrogen-bond acceptors (Lipinski definition) is 4. The van der Waals surface area contributed by atoms with Gasteiger partial charge in [0.1, 0.15) is 17.3 Å². The van der Waals surface area contributed by atoms with Crippen molar-refractivity contribution < 1.29 is 8.81 Å². The molecule has 21 heavy (non-hydrogen) atoms. The summed E-state index contributed by atoms with van der Waals surface area (Å²) in [5, 5.41) is 5.16. The molecule has 1 N–H and O–H groups in total. The van der Waals surface area contributed by atoms with Crippen LogP contribution in [0.15, 0.2) is 40.1 Å². The number of aromatic nitrogens is 1. The number of nitrogens with one attached hydrogen (secondary N) is 1. The first-order chi connectivity index (χ1) is 10.1. The fraction of sp³-hybridized carbons (Fsp3) is 0.188. The van der Waals surface area contributed by atoms with E-state index in [4.69, 9.17) is 4.42 Å². The highest BCUT2D eigenvalue weighted by Crippen LogP contribution is 2.26. The lowest BCUT2D eigenvalue weighted by atomic mass is 10.2. The number of aryl methyl sites for hydroxylation is 2. The first kappa shape index (κ1) is 13.8. The van der Waals surface area contributed by atoms with Gasteiger partial charge < -0.3 is 9.73 Å². The van der Waals surface area contributed by atoms with E-state index in [1.807, 2.05) is 30.5 Å². The fourth-order valence-electron chi connectivity index (χ4n) is 1.99. The molecule has 3 nitrogen and oxygen atoms in total. The molecule has 0 saturated heterocycles. The van der Waals surface area contributed by atoms with Gasteiger partial charge in [-0.05, 0) is 43.0 Å². The average Bonchev–Trinajstić information content (AvgIpc) is 3.10. The average molecular weight is 302 g/mol. The molecule has 0 unspecified atom stereocenters. The van der Waals surface area contributed by atoms with Gasteiger partial charge in [-0.15, -0.1) is 11.3 Å². The molecule has 3 aromatic rings. The Kier molecular flexibility index (Phi) is 3.75. The molecule has 0 spiro atoms. The summed E-state index contributed by atoms with van der Waals surface area (Å²) in [5.74, 6) is 1.20. The standard InChI is InChI=1S/C16H15FN2OS/c1-10-5-6-12(8-13(10)17)18-9-14-11(2)20-16(19-14)15-4-3-7-21-15/h3-8,18H,9H2,1-2H3. The third-order valence-corrected chi connectivity index (χ3v) is 4.11. The summed E-state index contributed by atoms with van der Waals surface area (Å²) in [4.78, 5) is 5.50. The zero-order valence-electron chi connectivity index (χ0n) is 11.8. The molecule has 0 bridgehead atoms. The van der Waals surface area contributed by atoms with Gasteiger partial charge in [0.2, 0.25) is 5.89 Å².